The average molecular weight is 275 g/mol. The minimum Gasteiger partial charge on any atom is -0.382 e. The van der Waals surface area contributed by atoms with Crippen molar-refractivity contribution in [3.05, 3.63) is 35.9 Å². The second kappa shape index (κ2) is 6.56. The van der Waals surface area contributed by atoms with Crippen molar-refractivity contribution in [1.29, 1.82) is 0 Å². The van der Waals surface area contributed by atoms with Crippen molar-refractivity contribution < 1.29 is 23.1 Å². The zero-order chi connectivity index (χ0) is 14.5. The molecule has 1 unspecified atom stereocenters. The highest BCUT2D eigenvalue weighted by Crippen LogP contribution is 2.20. The van der Waals surface area contributed by atoms with Crippen LogP contribution in [0, 0.1) is 0 Å². The van der Waals surface area contributed by atoms with Gasteiger partial charge in [0.05, 0.1) is 6.54 Å². The lowest BCUT2D eigenvalue weighted by Crippen LogP contribution is -2.43. The maximum Gasteiger partial charge on any atom is 0.416 e. The molecular formula is C13H16F3NO2. The number of aliphatic hydroxyl groups excluding tert-OH is 1. The predicted molar refractivity (Wildman–Crippen MR) is 64.5 cm³/mol. The van der Waals surface area contributed by atoms with Gasteiger partial charge in [-0.3, -0.25) is 4.79 Å². The van der Waals surface area contributed by atoms with Gasteiger partial charge in [-0.25, -0.2) is 0 Å². The quantitative estimate of drug-likeness (QED) is 0.893. The van der Waals surface area contributed by atoms with E-state index in [4.69, 9.17) is 5.11 Å². The standard InChI is InChI=1S/C13H16F3NO2/c1-10(18)17(9-12(19)13(14,15)16)8-7-11-5-3-2-4-6-11/h2-6,12,19H,7-9H2,1H3. The molecule has 1 amide bonds. The first-order valence-electron chi connectivity index (χ1n) is 5.85. The Morgan fingerprint density at radius 1 is 1.32 bits per heavy atom. The molecular weight excluding hydrogens is 259 g/mol. The SMILES string of the molecule is CC(=O)N(CCc1ccccc1)CC(O)C(F)(F)F. The minimum absolute atomic E-state index is 0.145. The fourth-order valence-electron chi connectivity index (χ4n) is 1.60. The number of aliphatic hydroxyl groups is 1. The van der Waals surface area contributed by atoms with E-state index in [0.717, 1.165) is 10.5 Å². The Kier molecular flexibility index (Phi) is 5.35. The first-order chi connectivity index (χ1) is 8.80. The van der Waals surface area contributed by atoms with Crippen LogP contribution in [0.1, 0.15) is 12.5 Å². The van der Waals surface area contributed by atoms with Gasteiger partial charge in [-0.2, -0.15) is 13.2 Å². The Balaban J connectivity index is 2.57. The first-order valence-corrected chi connectivity index (χ1v) is 5.85. The van der Waals surface area contributed by atoms with Crippen LogP contribution in [0.25, 0.3) is 0 Å². The van der Waals surface area contributed by atoms with Crippen molar-refractivity contribution in [3.63, 3.8) is 0 Å². The normalized spacial score (nSPS) is 13.1. The van der Waals surface area contributed by atoms with Crippen molar-refractivity contribution in [1.82, 2.24) is 4.90 Å². The fraction of sp³-hybridized carbons (Fsp3) is 0.462. The van der Waals surface area contributed by atoms with Gasteiger partial charge < -0.3 is 10.0 Å². The van der Waals surface area contributed by atoms with Crippen LogP contribution >= 0.6 is 0 Å². The molecule has 1 rings (SSSR count). The number of amides is 1. The maximum atomic E-state index is 12.2. The number of hydrogen-bond donors (Lipinski definition) is 1. The summed E-state index contributed by atoms with van der Waals surface area (Å²) in [6, 6.07) is 9.13. The third kappa shape index (κ3) is 5.30. The Bertz CT molecular complexity index is 406. The number of hydrogen-bond acceptors (Lipinski definition) is 2. The van der Waals surface area contributed by atoms with Crippen molar-refractivity contribution in [3.8, 4) is 0 Å². The van der Waals surface area contributed by atoms with Gasteiger partial charge in [0.1, 0.15) is 0 Å². The summed E-state index contributed by atoms with van der Waals surface area (Å²) in [4.78, 5) is 12.3. The number of carbonyl (C=O) groups is 1. The third-order valence-corrected chi connectivity index (χ3v) is 2.73. The van der Waals surface area contributed by atoms with Gasteiger partial charge in [0.25, 0.3) is 0 Å². The van der Waals surface area contributed by atoms with E-state index >= 15 is 0 Å². The van der Waals surface area contributed by atoms with E-state index in [-0.39, 0.29) is 6.54 Å². The molecule has 1 atom stereocenters. The lowest BCUT2D eigenvalue weighted by atomic mass is 10.1. The summed E-state index contributed by atoms with van der Waals surface area (Å²) in [5.41, 5.74) is 0.926. The second-order valence-electron chi connectivity index (χ2n) is 4.26. The fourth-order valence-corrected chi connectivity index (χ4v) is 1.60. The first kappa shape index (κ1) is 15.5. The zero-order valence-corrected chi connectivity index (χ0v) is 10.5. The summed E-state index contributed by atoms with van der Waals surface area (Å²) in [6.07, 6.45) is -6.77. The molecule has 0 aliphatic carbocycles. The molecule has 106 valence electrons. The molecule has 3 nitrogen and oxygen atoms in total. The van der Waals surface area contributed by atoms with Crippen LogP contribution in [0.2, 0.25) is 0 Å². The molecule has 0 bridgehead atoms. The molecule has 0 aliphatic rings. The van der Waals surface area contributed by atoms with E-state index < -0.39 is 24.7 Å². The van der Waals surface area contributed by atoms with Gasteiger partial charge in [0.2, 0.25) is 5.91 Å². The Hall–Kier alpha value is -1.56. The van der Waals surface area contributed by atoms with E-state index in [2.05, 4.69) is 0 Å². The van der Waals surface area contributed by atoms with Crippen molar-refractivity contribution in [2.75, 3.05) is 13.1 Å². The van der Waals surface area contributed by atoms with E-state index in [0.29, 0.717) is 6.42 Å². The van der Waals surface area contributed by atoms with Crippen LogP contribution in [0.5, 0.6) is 0 Å². The predicted octanol–water partition coefficient (Wildman–Crippen LogP) is 2.00. The summed E-state index contributed by atoms with van der Waals surface area (Å²) in [5, 5.41) is 8.98. The summed E-state index contributed by atoms with van der Waals surface area (Å²) < 4.78 is 36.7. The Morgan fingerprint density at radius 2 is 1.89 bits per heavy atom. The average Bonchev–Trinajstić information content (AvgIpc) is 2.33. The lowest BCUT2D eigenvalue weighted by Gasteiger charge is -2.25. The van der Waals surface area contributed by atoms with Crippen molar-refractivity contribution in [2.45, 2.75) is 25.6 Å². The van der Waals surface area contributed by atoms with Crippen LogP contribution in [-0.2, 0) is 11.2 Å². The molecule has 0 saturated carbocycles. The number of nitrogens with zero attached hydrogens (tertiary/aromatic N) is 1. The molecule has 0 saturated heterocycles. The number of carbonyl (C=O) groups excluding carboxylic acids is 1. The van der Waals surface area contributed by atoms with E-state index in [1.807, 2.05) is 30.3 Å². The summed E-state index contributed by atoms with van der Waals surface area (Å²) in [6.45, 7) is 0.603. The highest BCUT2D eigenvalue weighted by Gasteiger charge is 2.39. The molecule has 1 aromatic carbocycles. The molecule has 19 heavy (non-hydrogen) atoms. The monoisotopic (exact) mass is 275 g/mol. The molecule has 0 heterocycles. The summed E-state index contributed by atoms with van der Waals surface area (Å²) >= 11 is 0. The zero-order valence-electron chi connectivity index (χ0n) is 10.5. The highest BCUT2D eigenvalue weighted by atomic mass is 19.4. The number of halogens is 3. The Morgan fingerprint density at radius 3 is 2.37 bits per heavy atom. The van der Waals surface area contributed by atoms with Gasteiger partial charge in [0.15, 0.2) is 6.10 Å². The largest absolute Gasteiger partial charge is 0.416 e. The van der Waals surface area contributed by atoms with Gasteiger partial charge >= 0.3 is 6.18 Å². The molecule has 1 aromatic rings. The van der Waals surface area contributed by atoms with Gasteiger partial charge in [-0.1, -0.05) is 30.3 Å². The van der Waals surface area contributed by atoms with Crippen LogP contribution in [-0.4, -0.2) is 41.3 Å². The van der Waals surface area contributed by atoms with E-state index in [1.165, 1.54) is 6.92 Å². The Labute approximate surface area is 109 Å². The van der Waals surface area contributed by atoms with Gasteiger partial charge in [-0.15, -0.1) is 0 Å². The van der Waals surface area contributed by atoms with Crippen LogP contribution in [0.3, 0.4) is 0 Å². The van der Waals surface area contributed by atoms with Gasteiger partial charge in [0, 0.05) is 13.5 Å². The summed E-state index contributed by atoms with van der Waals surface area (Å²) in [7, 11) is 0. The number of benzene rings is 1. The van der Waals surface area contributed by atoms with E-state index in [1.54, 1.807) is 0 Å². The summed E-state index contributed by atoms with van der Waals surface area (Å²) in [5.74, 6) is -0.487. The van der Waals surface area contributed by atoms with Crippen LogP contribution in [0.4, 0.5) is 13.2 Å². The van der Waals surface area contributed by atoms with Gasteiger partial charge in [-0.05, 0) is 12.0 Å². The lowest BCUT2D eigenvalue weighted by molar-refractivity contribution is -0.208. The van der Waals surface area contributed by atoms with E-state index in [9.17, 15) is 18.0 Å². The second-order valence-corrected chi connectivity index (χ2v) is 4.26. The molecule has 0 fully saturated rings. The van der Waals surface area contributed by atoms with Crippen LogP contribution < -0.4 is 0 Å². The number of rotatable bonds is 5. The third-order valence-electron chi connectivity index (χ3n) is 2.73. The topological polar surface area (TPSA) is 40.5 Å². The maximum absolute atomic E-state index is 12.2. The molecule has 0 spiro atoms. The molecule has 0 aliphatic heterocycles. The van der Waals surface area contributed by atoms with Crippen molar-refractivity contribution >= 4 is 5.91 Å². The highest BCUT2D eigenvalue weighted by molar-refractivity contribution is 5.73. The minimum atomic E-state index is -4.71. The molecule has 1 N–H and O–H groups in total. The van der Waals surface area contributed by atoms with Crippen molar-refractivity contribution in [2.24, 2.45) is 0 Å². The molecule has 0 radical (unpaired) electrons. The number of alkyl halides is 3. The molecule has 0 aromatic heterocycles. The smallest absolute Gasteiger partial charge is 0.382 e. The molecule has 6 heteroatoms. The van der Waals surface area contributed by atoms with Crippen LogP contribution in [0.15, 0.2) is 30.3 Å².